The molecule has 1 aliphatic heterocycles. The maximum atomic E-state index is 2.36. The predicted octanol–water partition coefficient (Wildman–Crippen LogP) is 4.74. The monoisotopic (exact) mass is 228 g/mol. The summed E-state index contributed by atoms with van der Waals surface area (Å²) >= 11 is 2.02. The molecule has 3 aliphatic rings. The smallest absolute Gasteiger partial charge is 0.0201 e. The number of hydrogen-bond donors (Lipinski definition) is 0. The second kappa shape index (κ2) is 4.14. The molecule has 82 valence electrons. The van der Waals surface area contributed by atoms with E-state index in [9.17, 15) is 0 Å². The number of thioether (sulfide) groups is 1. The predicted molar refractivity (Wildman–Crippen MR) is 72.1 cm³/mol. The summed E-state index contributed by atoms with van der Waals surface area (Å²) in [7, 11) is 0. The maximum absolute atomic E-state index is 2.36. The Morgan fingerprint density at radius 2 is 2.31 bits per heavy atom. The highest BCUT2D eigenvalue weighted by molar-refractivity contribution is 8.07. The van der Waals surface area contributed by atoms with Crippen molar-refractivity contribution in [2.75, 3.05) is 0 Å². The van der Waals surface area contributed by atoms with E-state index in [2.05, 4.69) is 43.4 Å². The fraction of sp³-hybridized carbons (Fsp3) is 0.333. The Morgan fingerprint density at radius 3 is 3.19 bits per heavy atom. The molecule has 16 heavy (non-hydrogen) atoms. The minimum Gasteiger partial charge on any atom is -0.0980 e. The van der Waals surface area contributed by atoms with E-state index in [0.29, 0.717) is 5.92 Å². The van der Waals surface area contributed by atoms with E-state index in [1.54, 1.807) is 15.4 Å². The zero-order valence-corrected chi connectivity index (χ0v) is 10.4. The number of allylic oxidation sites excluding steroid dienone is 10. The molecule has 0 aromatic rings. The van der Waals surface area contributed by atoms with Crippen LogP contribution in [0, 0.1) is 5.92 Å². The minimum atomic E-state index is 0.660. The van der Waals surface area contributed by atoms with E-state index in [0.717, 1.165) is 0 Å². The van der Waals surface area contributed by atoms with Gasteiger partial charge in [0, 0.05) is 5.92 Å². The lowest BCUT2D eigenvalue weighted by molar-refractivity contribution is 0.749. The zero-order valence-electron chi connectivity index (χ0n) is 9.57. The summed E-state index contributed by atoms with van der Waals surface area (Å²) in [6.45, 7) is 2.09. The molecule has 1 atom stereocenters. The third kappa shape index (κ3) is 1.63. The van der Waals surface area contributed by atoms with Gasteiger partial charge in [-0.1, -0.05) is 48.2 Å². The highest BCUT2D eigenvalue weighted by atomic mass is 32.2. The Kier molecular flexibility index (Phi) is 2.64. The van der Waals surface area contributed by atoms with Crippen molar-refractivity contribution in [3.05, 3.63) is 57.4 Å². The average Bonchev–Trinajstić information content (AvgIpc) is 2.68. The van der Waals surface area contributed by atoms with E-state index < -0.39 is 0 Å². The lowest BCUT2D eigenvalue weighted by Crippen LogP contribution is -2.05. The van der Waals surface area contributed by atoms with Crippen molar-refractivity contribution in [3.63, 3.8) is 0 Å². The van der Waals surface area contributed by atoms with Crippen LogP contribution in [0.5, 0.6) is 0 Å². The second-order valence-corrected chi connectivity index (χ2v) is 5.66. The maximum Gasteiger partial charge on any atom is 0.0201 e. The Bertz CT molecular complexity index is 458. The van der Waals surface area contributed by atoms with Crippen LogP contribution in [0.25, 0.3) is 0 Å². The van der Waals surface area contributed by atoms with Crippen LogP contribution in [0.3, 0.4) is 0 Å². The SMILES string of the molecule is C/C=C/C1=CC=C2SC3=C(C=CCC3)C2C1. The topological polar surface area (TPSA) is 0 Å². The molecule has 0 spiro atoms. The van der Waals surface area contributed by atoms with Gasteiger partial charge in [0.2, 0.25) is 0 Å². The highest BCUT2D eigenvalue weighted by Gasteiger charge is 2.31. The molecular weight excluding hydrogens is 212 g/mol. The first-order chi connectivity index (χ1) is 7.88. The van der Waals surface area contributed by atoms with Crippen LogP contribution in [0.2, 0.25) is 0 Å². The van der Waals surface area contributed by atoms with E-state index in [1.807, 2.05) is 11.8 Å². The van der Waals surface area contributed by atoms with Crippen molar-refractivity contribution < 1.29 is 0 Å². The van der Waals surface area contributed by atoms with Crippen LogP contribution in [0.15, 0.2) is 57.4 Å². The van der Waals surface area contributed by atoms with Gasteiger partial charge in [0.25, 0.3) is 0 Å². The van der Waals surface area contributed by atoms with Gasteiger partial charge in [0.05, 0.1) is 0 Å². The summed E-state index contributed by atoms with van der Waals surface area (Å²) in [6, 6.07) is 0. The Balaban J connectivity index is 1.91. The first kappa shape index (κ1) is 10.2. The van der Waals surface area contributed by atoms with E-state index in [-0.39, 0.29) is 0 Å². The molecule has 3 rings (SSSR count). The molecule has 1 heteroatoms. The lowest BCUT2D eigenvalue weighted by Gasteiger charge is -2.19. The Labute approximate surface area is 102 Å². The fourth-order valence-corrected chi connectivity index (χ4v) is 3.96. The standard InChI is InChI=1S/C15H16S/c1-2-5-11-8-9-15-13(10-11)12-6-3-4-7-14(12)16-15/h2-3,5-6,8-9,13H,4,7,10H2,1H3/b5-2+. The average molecular weight is 228 g/mol. The van der Waals surface area contributed by atoms with Crippen molar-refractivity contribution in [2.24, 2.45) is 5.92 Å². The molecule has 0 aromatic heterocycles. The first-order valence-corrected chi connectivity index (χ1v) is 6.81. The molecule has 2 aliphatic carbocycles. The molecule has 0 fully saturated rings. The molecule has 0 amide bonds. The summed E-state index contributed by atoms with van der Waals surface area (Å²) < 4.78 is 0. The fourth-order valence-electron chi connectivity index (χ4n) is 2.64. The van der Waals surface area contributed by atoms with E-state index in [1.165, 1.54) is 24.8 Å². The van der Waals surface area contributed by atoms with Crippen LogP contribution in [0.4, 0.5) is 0 Å². The van der Waals surface area contributed by atoms with Gasteiger partial charge in [-0.05, 0) is 47.1 Å². The molecule has 0 nitrogen and oxygen atoms in total. The Morgan fingerprint density at radius 1 is 1.38 bits per heavy atom. The minimum absolute atomic E-state index is 0.660. The third-order valence-electron chi connectivity index (χ3n) is 3.40. The van der Waals surface area contributed by atoms with Gasteiger partial charge in [-0.3, -0.25) is 0 Å². The zero-order chi connectivity index (χ0) is 11.0. The summed E-state index contributed by atoms with van der Waals surface area (Å²) in [4.78, 5) is 3.18. The molecule has 0 bridgehead atoms. The van der Waals surface area contributed by atoms with Crippen molar-refractivity contribution in [2.45, 2.75) is 26.2 Å². The van der Waals surface area contributed by atoms with Crippen molar-refractivity contribution >= 4 is 11.8 Å². The summed E-state index contributed by atoms with van der Waals surface area (Å²) in [6.07, 6.45) is 17.3. The molecule has 0 radical (unpaired) electrons. The first-order valence-electron chi connectivity index (χ1n) is 5.99. The molecule has 1 unspecified atom stereocenters. The van der Waals surface area contributed by atoms with Crippen molar-refractivity contribution in [1.82, 2.24) is 0 Å². The summed E-state index contributed by atoms with van der Waals surface area (Å²) in [5, 5.41) is 0. The number of hydrogen-bond acceptors (Lipinski definition) is 1. The van der Waals surface area contributed by atoms with Crippen LogP contribution < -0.4 is 0 Å². The van der Waals surface area contributed by atoms with Crippen molar-refractivity contribution in [1.29, 1.82) is 0 Å². The molecular formula is C15H16S. The van der Waals surface area contributed by atoms with E-state index in [4.69, 9.17) is 0 Å². The lowest BCUT2D eigenvalue weighted by atomic mass is 9.85. The van der Waals surface area contributed by atoms with Crippen LogP contribution in [0.1, 0.15) is 26.2 Å². The molecule has 0 saturated heterocycles. The van der Waals surface area contributed by atoms with Gasteiger partial charge in [0.15, 0.2) is 0 Å². The normalized spacial score (nSPS) is 27.9. The van der Waals surface area contributed by atoms with E-state index >= 15 is 0 Å². The summed E-state index contributed by atoms with van der Waals surface area (Å²) in [5.74, 6) is 0.660. The number of rotatable bonds is 1. The van der Waals surface area contributed by atoms with Crippen LogP contribution in [-0.4, -0.2) is 0 Å². The van der Waals surface area contributed by atoms with Gasteiger partial charge >= 0.3 is 0 Å². The van der Waals surface area contributed by atoms with Gasteiger partial charge in [0.1, 0.15) is 0 Å². The number of fused-ring (bicyclic) bond motifs is 2. The quantitative estimate of drug-likeness (QED) is 0.624. The van der Waals surface area contributed by atoms with Crippen molar-refractivity contribution in [3.8, 4) is 0 Å². The third-order valence-corrected chi connectivity index (χ3v) is 4.74. The van der Waals surface area contributed by atoms with Crippen LogP contribution in [-0.2, 0) is 0 Å². The van der Waals surface area contributed by atoms with Gasteiger partial charge < -0.3 is 0 Å². The second-order valence-electron chi connectivity index (χ2n) is 4.49. The molecule has 1 heterocycles. The van der Waals surface area contributed by atoms with Gasteiger partial charge in [-0.25, -0.2) is 0 Å². The highest BCUT2D eigenvalue weighted by Crippen LogP contribution is 2.52. The van der Waals surface area contributed by atoms with Gasteiger partial charge in [-0.15, -0.1) is 0 Å². The summed E-state index contributed by atoms with van der Waals surface area (Å²) in [5.41, 5.74) is 3.06. The van der Waals surface area contributed by atoms with Crippen LogP contribution >= 0.6 is 11.8 Å². The Hall–Kier alpha value is -0.950. The van der Waals surface area contributed by atoms with Gasteiger partial charge in [-0.2, -0.15) is 0 Å². The largest absolute Gasteiger partial charge is 0.0980 e. The molecule has 0 aromatic carbocycles. The molecule has 0 N–H and O–H groups in total. The molecule has 0 saturated carbocycles.